The van der Waals surface area contributed by atoms with E-state index in [9.17, 15) is 18.8 Å². The normalized spacial score (nSPS) is 19.1. The van der Waals surface area contributed by atoms with Gasteiger partial charge in [0.15, 0.2) is 17.3 Å². The molecule has 0 unspecified atom stereocenters. The van der Waals surface area contributed by atoms with E-state index < -0.39 is 35.6 Å². The molecule has 0 spiro atoms. The van der Waals surface area contributed by atoms with E-state index in [1.165, 1.54) is 19.2 Å². The predicted octanol–water partition coefficient (Wildman–Crippen LogP) is 2.87. The highest BCUT2D eigenvalue weighted by Crippen LogP contribution is 2.32. The van der Waals surface area contributed by atoms with E-state index in [4.69, 9.17) is 4.74 Å². The Balaban J connectivity index is 1.85. The van der Waals surface area contributed by atoms with Crippen molar-refractivity contribution in [3.63, 3.8) is 0 Å². The number of amides is 3. The van der Waals surface area contributed by atoms with Gasteiger partial charge >= 0.3 is 6.03 Å². The summed E-state index contributed by atoms with van der Waals surface area (Å²) in [5.41, 5.74) is -0.497. The Hall–Kier alpha value is -3.22. The van der Waals surface area contributed by atoms with E-state index in [2.05, 4.69) is 5.32 Å². The molecule has 27 heavy (non-hydrogen) atoms. The lowest BCUT2D eigenvalue weighted by Gasteiger charge is -2.25. The van der Waals surface area contributed by atoms with Crippen LogP contribution in [0.3, 0.4) is 0 Å². The van der Waals surface area contributed by atoms with Crippen LogP contribution in [0.2, 0.25) is 0 Å². The Labute approximate surface area is 155 Å². The van der Waals surface area contributed by atoms with Gasteiger partial charge in [0.1, 0.15) is 5.54 Å². The number of nitrogens with one attached hydrogen (secondary N) is 1. The minimum Gasteiger partial charge on any atom is -0.494 e. The van der Waals surface area contributed by atoms with Crippen LogP contribution in [0, 0.1) is 5.82 Å². The molecule has 0 radical (unpaired) electrons. The van der Waals surface area contributed by atoms with E-state index >= 15 is 0 Å². The molecule has 140 valence electrons. The van der Waals surface area contributed by atoms with E-state index in [0.717, 1.165) is 11.0 Å². The number of methoxy groups -OCH3 is 1. The van der Waals surface area contributed by atoms with Crippen molar-refractivity contribution < 1.29 is 23.5 Å². The van der Waals surface area contributed by atoms with Crippen LogP contribution in [0.1, 0.15) is 29.3 Å². The fourth-order valence-electron chi connectivity index (χ4n) is 3.21. The Kier molecular flexibility index (Phi) is 4.94. The summed E-state index contributed by atoms with van der Waals surface area (Å²) in [5.74, 6) is -1.72. The van der Waals surface area contributed by atoms with Crippen molar-refractivity contribution in [2.75, 3.05) is 13.7 Å². The number of urea groups is 1. The summed E-state index contributed by atoms with van der Waals surface area (Å²) in [6.45, 7) is 1.32. The molecule has 7 heteroatoms. The SMILES string of the molecule is CC[C@]1(c2ccccc2)NC(=O)N(CC(=O)c2ccc(OC)c(F)c2)C1=O. The molecule has 1 saturated heterocycles. The summed E-state index contributed by atoms with van der Waals surface area (Å²) >= 11 is 0. The van der Waals surface area contributed by atoms with Crippen molar-refractivity contribution in [2.24, 2.45) is 0 Å². The summed E-state index contributed by atoms with van der Waals surface area (Å²) in [6, 6.07) is 12.0. The standard InChI is InChI=1S/C20H19FN2O4/c1-3-20(14-7-5-4-6-8-14)18(25)23(19(26)22-20)12-16(24)13-9-10-17(27-2)15(21)11-13/h4-11H,3,12H2,1-2H3,(H,22,26)/t20-/m1/s1. The lowest BCUT2D eigenvalue weighted by atomic mass is 9.87. The molecule has 1 fully saturated rings. The number of nitrogens with zero attached hydrogens (tertiary/aromatic N) is 1. The molecule has 0 aromatic heterocycles. The largest absolute Gasteiger partial charge is 0.494 e. The second-order valence-corrected chi connectivity index (χ2v) is 6.22. The lowest BCUT2D eigenvalue weighted by molar-refractivity contribution is -0.131. The number of hydrogen-bond acceptors (Lipinski definition) is 4. The molecule has 2 aromatic carbocycles. The first kappa shape index (κ1) is 18.6. The van der Waals surface area contributed by atoms with Gasteiger partial charge < -0.3 is 10.1 Å². The average Bonchev–Trinajstić information content (AvgIpc) is 2.93. The maximum absolute atomic E-state index is 13.8. The van der Waals surface area contributed by atoms with Crippen molar-refractivity contribution in [3.8, 4) is 5.75 Å². The lowest BCUT2D eigenvalue weighted by Crippen LogP contribution is -2.43. The highest BCUT2D eigenvalue weighted by molar-refractivity contribution is 6.11. The second-order valence-electron chi connectivity index (χ2n) is 6.22. The molecule has 1 aliphatic heterocycles. The number of Topliss-reactive ketones (excluding diaryl/α,β-unsaturated/α-hetero) is 1. The molecule has 2 aromatic rings. The zero-order valence-corrected chi connectivity index (χ0v) is 15.0. The number of ether oxygens (including phenoxy) is 1. The number of hydrogen-bond donors (Lipinski definition) is 1. The van der Waals surface area contributed by atoms with Crippen LogP contribution in [0.5, 0.6) is 5.75 Å². The summed E-state index contributed by atoms with van der Waals surface area (Å²) in [6.07, 6.45) is 0.337. The van der Waals surface area contributed by atoms with Crippen molar-refractivity contribution >= 4 is 17.7 Å². The van der Waals surface area contributed by atoms with Crippen LogP contribution in [0.4, 0.5) is 9.18 Å². The average molecular weight is 370 g/mol. The zero-order chi connectivity index (χ0) is 19.6. The Morgan fingerprint density at radius 3 is 2.48 bits per heavy atom. The Morgan fingerprint density at radius 2 is 1.89 bits per heavy atom. The first-order valence-corrected chi connectivity index (χ1v) is 8.49. The topological polar surface area (TPSA) is 75.7 Å². The molecule has 1 heterocycles. The van der Waals surface area contributed by atoms with Crippen molar-refractivity contribution in [2.45, 2.75) is 18.9 Å². The quantitative estimate of drug-likeness (QED) is 0.627. The molecule has 1 atom stereocenters. The fraction of sp³-hybridized carbons (Fsp3) is 0.250. The third-order valence-corrected chi connectivity index (χ3v) is 4.75. The molecule has 6 nitrogen and oxygen atoms in total. The molecule has 3 rings (SSSR count). The monoisotopic (exact) mass is 370 g/mol. The summed E-state index contributed by atoms with van der Waals surface area (Å²) in [7, 11) is 1.32. The number of benzene rings is 2. The highest BCUT2D eigenvalue weighted by Gasteiger charge is 2.51. The molecule has 1 N–H and O–H groups in total. The van der Waals surface area contributed by atoms with Gasteiger partial charge in [-0.05, 0) is 30.2 Å². The maximum Gasteiger partial charge on any atom is 0.325 e. The summed E-state index contributed by atoms with van der Waals surface area (Å²) in [5, 5.41) is 2.71. The Bertz CT molecular complexity index is 900. The van der Waals surface area contributed by atoms with Crippen molar-refractivity contribution in [3.05, 3.63) is 65.5 Å². The van der Waals surface area contributed by atoms with E-state index in [0.29, 0.717) is 12.0 Å². The number of carbonyl (C=O) groups excluding carboxylic acids is 3. The van der Waals surface area contributed by atoms with E-state index in [-0.39, 0.29) is 11.3 Å². The van der Waals surface area contributed by atoms with Crippen LogP contribution in [-0.4, -0.2) is 36.3 Å². The smallest absolute Gasteiger partial charge is 0.325 e. The zero-order valence-electron chi connectivity index (χ0n) is 15.0. The van der Waals surface area contributed by atoms with Gasteiger partial charge in [0.05, 0.1) is 13.7 Å². The second kappa shape index (κ2) is 7.19. The van der Waals surface area contributed by atoms with E-state index in [1.807, 2.05) is 6.07 Å². The van der Waals surface area contributed by atoms with Crippen LogP contribution in [0.15, 0.2) is 48.5 Å². The molecule has 3 amide bonds. The summed E-state index contributed by atoms with van der Waals surface area (Å²) < 4.78 is 18.7. The summed E-state index contributed by atoms with van der Waals surface area (Å²) in [4.78, 5) is 38.8. The minimum absolute atomic E-state index is 0.00983. The molecule has 0 aliphatic carbocycles. The van der Waals surface area contributed by atoms with Gasteiger partial charge in [0, 0.05) is 5.56 Å². The van der Waals surface area contributed by atoms with Gasteiger partial charge in [-0.1, -0.05) is 37.3 Å². The third kappa shape index (κ3) is 3.16. The number of ketones is 1. The van der Waals surface area contributed by atoms with Gasteiger partial charge in [-0.2, -0.15) is 0 Å². The number of carbonyl (C=O) groups is 3. The highest BCUT2D eigenvalue weighted by atomic mass is 19.1. The first-order chi connectivity index (χ1) is 12.9. The van der Waals surface area contributed by atoms with Crippen molar-refractivity contribution in [1.82, 2.24) is 10.2 Å². The maximum atomic E-state index is 13.8. The van der Waals surface area contributed by atoms with E-state index in [1.54, 1.807) is 31.2 Å². The molecule has 1 aliphatic rings. The Morgan fingerprint density at radius 1 is 1.19 bits per heavy atom. The number of imide groups is 1. The van der Waals surface area contributed by atoms with Crippen LogP contribution >= 0.6 is 0 Å². The van der Waals surface area contributed by atoms with Crippen LogP contribution < -0.4 is 10.1 Å². The number of halogens is 1. The first-order valence-electron chi connectivity index (χ1n) is 8.49. The molecule has 0 saturated carbocycles. The minimum atomic E-state index is -1.20. The van der Waals surface area contributed by atoms with Crippen LogP contribution in [-0.2, 0) is 10.3 Å². The molecular formula is C20H19FN2O4. The predicted molar refractivity (Wildman–Crippen MR) is 95.9 cm³/mol. The van der Waals surface area contributed by atoms with Crippen molar-refractivity contribution in [1.29, 1.82) is 0 Å². The van der Waals surface area contributed by atoms with Gasteiger partial charge in [0.25, 0.3) is 5.91 Å². The number of rotatable bonds is 6. The molecule has 0 bridgehead atoms. The van der Waals surface area contributed by atoms with Gasteiger partial charge in [0.2, 0.25) is 0 Å². The van der Waals surface area contributed by atoms with Gasteiger partial charge in [-0.3, -0.25) is 14.5 Å². The van der Waals surface area contributed by atoms with Gasteiger partial charge in [-0.25, -0.2) is 9.18 Å². The third-order valence-electron chi connectivity index (χ3n) is 4.75. The molecular weight excluding hydrogens is 351 g/mol. The fourth-order valence-corrected chi connectivity index (χ4v) is 3.21. The van der Waals surface area contributed by atoms with Crippen LogP contribution in [0.25, 0.3) is 0 Å². The van der Waals surface area contributed by atoms with Gasteiger partial charge in [-0.15, -0.1) is 0 Å².